The number of fused-ring (bicyclic) bond motifs is 1. The summed E-state index contributed by atoms with van der Waals surface area (Å²) < 4.78 is 17.7. The van der Waals surface area contributed by atoms with Crippen LogP contribution in [0.4, 0.5) is 0 Å². The quantitative estimate of drug-likeness (QED) is 0.491. The second-order valence-corrected chi connectivity index (χ2v) is 9.59. The Bertz CT molecular complexity index is 1080. The first kappa shape index (κ1) is 18.9. The van der Waals surface area contributed by atoms with Crippen LogP contribution in [0.15, 0.2) is 52.9 Å². The minimum absolute atomic E-state index is 0.216. The maximum absolute atomic E-state index is 11.9. The molecule has 31 heavy (non-hydrogen) atoms. The van der Waals surface area contributed by atoms with Gasteiger partial charge in [-0.25, -0.2) is 9.78 Å². The van der Waals surface area contributed by atoms with Gasteiger partial charge in [-0.3, -0.25) is 0 Å². The third-order valence-corrected chi connectivity index (χ3v) is 7.72. The van der Waals surface area contributed by atoms with E-state index in [2.05, 4.69) is 0 Å². The third kappa shape index (κ3) is 3.31. The van der Waals surface area contributed by atoms with Gasteiger partial charge in [0.1, 0.15) is 11.3 Å². The van der Waals surface area contributed by atoms with Crippen molar-refractivity contribution in [2.75, 3.05) is 7.11 Å². The highest BCUT2D eigenvalue weighted by atomic mass is 16.5. The predicted octanol–water partition coefficient (Wildman–Crippen LogP) is 5.81. The Morgan fingerprint density at radius 3 is 2.39 bits per heavy atom. The first-order valence-electron chi connectivity index (χ1n) is 11.4. The number of esters is 1. The van der Waals surface area contributed by atoms with Crippen molar-refractivity contribution < 1.29 is 18.7 Å². The minimum atomic E-state index is -0.377. The van der Waals surface area contributed by atoms with E-state index >= 15 is 0 Å². The van der Waals surface area contributed by atoms with Crippen LogP contribution in [0, 0.1) is 29.6 Å². The van der Waals surface area contributed by atoms with Gasteiger partial charge >= 0.3 is 5.97 Å². The number of hydrogen-bond donors (Lipinski definition) is 0. The lowest BCUT2D eigenvalue weighted by atomic mass is 9.51. The Morgan fingerprint density at radius 1 is 1.00 bits per heavy atom. The first-order chi connectivity index (χ1) is 15.2. The number of benzene rings is 2. The summed E-state index contributed by atoms with van der Waals surface area (Å²) in [4.78, 5) is 16.8. The van der Waals surface area contributed by atoms with Crippen molar-refractivity contribution in [3.05, 3.63) is 60.0 Å². The van der Waals surface area contributed by atoms with E-state index in [0.29, 0.717) is 34.8 Å². The maximum atomic E-state index is 11.9. The van der Waals surface area contributed by atoms with Crippen LogP contribution in [0.25, 0.3) is 11.1 Å². The van der Waals surface area contributed by atoms with Crippen molar-refractivity contribution >= 4 is 17.1 Å². The zero-order valence-electron chi connectivity index (χ0n) is 17.7. The first-order valence-corrected chi connectivity index (χ1v) is 11.4. The van der Waals surface area contributed by atoms with E-state index in [-0.39, 0.29) is 12.1 Å². The van der Waals surface area contributed by atoms with Crippen LogP contribution in [0.5, 0.6) is 5.75 Å². The van der Waals surface area contributed by atoms with E-state index in [9.17, 15) is 4.79 Å². The standard InChI is InChI=1S/C26H27NO4/c1-29-26(28)17-7-8-21-22(14-17)31-25(27-21)24(30-20-5-3-2-4-6-20)23-18-10-15-9-16(12-18)13-19(23)11-15/h2-8,14-16,18-19,23-24H,9-13H2,1H3. The normalized spacial score (nSPS) is 29.8. The summed E-state index contributed by atoms with van der Waals surface area (Å²) in [5, 5.41) is 0. The SMILES string of the molecule is COC(=O)c1ccc2nc(C(Oc3ccccc3)C3C4CC5CC(C4)CC3C5)oc2c1. The molecule has 4 saturated carbocycles. The van der Waals surface area contributed by atoms with Gasteiger partial charge in [-0.2, -0.15) is 0 Å². The van der Waals surface area contributed by atoms with Crippen molar-refractivity contribution in [2.45, 2.75) is 38.2 Å². The van der Waals surface area contributed by atoms with Crippen molar-refractivity contribution in [1.29, 1.82) is 0 Å². The lowest BCUT2D eigenvalue weighted by Crippen LogP contribution is -2.48. The smallest absolute Gasteiger partial charge is 0.337 e. The van der Waals surface area contributed by atoms with E-state index in [0.717, 1.165) is 23.1 Å². The molecule has 5 heteroatoms. The number of hydrogen-bond acceptors (Lipinski definition) is 5. The van der Waals surface area contributed by atoms with Crippen molar-refractivity contribution in [3.63, 3.8) is 0 Å². The molecule has 0 amide bonds. The fraction of sp³-hybridized carbons (Fsp3) is 0.462. The fourth-order valence-corrected chi connectivity index (χ4v) is 6.71. The summed E-state index contributed by atoms with van der Waals surface area (Å²) in [6, 6.07) is 15.3. The maximum Gasteiger partial charge on any atom is 0.337 e. The molecule has 0 spiro atoms. The van der Waals surface area contributed by atoms with Gasteiger partial charge in [-0.1, -0.05) is 18.2 Å². The molecule has 1 unspecified atom stereocenters. The number of methoxy groups -OCH3 is 1. The molecule has 0 saturated heterocycles. The van der Waals surface area contributed by atoms with Crippen LogP contribution >= 0.6 is 0 Å². The molecule has 5 nitrogen and oxygen atoms in total. The number of para-hydroxylation sites is 1. The van der Waals surface area contributed by atoms with Crippen LogP contribution in [-0.4, -0.2) is 18.1 Å². The molecule has 3 aromatic rings. The number of ether oxygens (including phenoxy) is 2. The van der Waals surface area contributed by atoms with Crippen LogP contribution in [-0.2, 0) is 4.74 Å². The molecule has 4 fully saturated rings. The number of rotatable bonds is 5. The molecule has 4 aliphatic rings. The lowest BCUT2D eigenvalue weighted by Gasteiger charge is -2.55. The average molecular weight is 418 g/mol. The van der Waals surface area contributed by atoms with Gasteiger partial charge in [0.25, 0.3) is 0 Å². The predicted molar refractivity (Wildman–Crippen MR) is 116 cm³/mol. The molecule has 4 aliphatic carbocycles. The number of carbonyl (C=O) groups is 1. The van der Waals surface area contributed by atoms with Crippen molar-refractivity contribution in [2.24, 2.45) is 29.6 Å². The highest BCUT2D eigenvalue weighted by Gasteiger charge is 2.52. The zero-order valence-corrected chi connectivity index (χ0v) is 17.7. The van der Waals surface area contributed by atoms with E-state index in [1.54, 1.807) is 12.1 Å². The monoisotopic (exact) mass is 417 g/mol. The molecule has 1 aromatic heterocycles. The Morgan fingerprint density at radius 2 is 1.71 bits per heavy atom. The minimum Gasteiger partial charge on any atom is -0.480 e. The summed E-state index contributed by atoms with van der Waals surface area (Å²) in [5.74, 6) is 4.64. The molecule has 4 bridgehead atoms. The van der Waals surface area contributed by atoms with E-state index in [4.69, 9.17) is 18.9 Å². The summed E-state index contributed by atoms with van der Waals surface area (Å²) in [6.07, 6.45) is 6.42. The topological polar surface area (TPSA) is 61.6 Å². The largest absolute Gasteiger partial charge is 0.480 e. The summed E-state index contributed by atoms with van der Waals surface area (Å²) >= 11 is 0. The Hall–Kier alpha value is -2.82. The average Bonchev–Trinajstić information content (AvgIpc) is 3.21. The van der Waals surface area contributed by atoms with Gasteiger partial charge in [0.05, 0.1) is 12.7 Å². The van der Waals surface area contributed by atoms with Gasteiger partial charge in [0, 0.05) is 5.92 Å². The van der Waals surface area contributed by atoms with Crippen LogP contribution in [0.1, 0.15) is 54.5 Å². The summed E-state index contributed by atoms with van der Waals surface area (Å²) in [6.45, 7) is 0. The molecular weight excluding hydrogens is 390 g/mol. The van der Waals surface area contributed by atoms with Crippen molar-refractivity contribution in [1.82, 2.24) is 4.98 Å². The fourth-order valence-electron chi connectivity index (χ4n) is 6.71. The molecule has 0 aliphatic heterocycles. The number of oxazole rings is 1. The van der Waals surface area contributed by atoms with E-state index < -0.39 is 0 Å². The third-order valence-electron chi connectivity index (χ3n) is 7.72. The summed E-state index contributed by atoms with van der Waals surface area (Å²) in [5.41, 5.74) is 1.81. The Labute approximate surface area is 181 Å². The van der Waals surface area contributed by atoms with Crippen LogP contribution in [0.2, 0.25) is 0 Å². The van der Waals surface area contributed by atoms with Gasteiger partial charge in [-0.15, -0.1) is 0 Å². The van der Waals surface area contributed by atoms with Gasteiger partial charge < -0.3 is 13.9 Å². The van der Waals surface area contributed by atoms with Crippen molar-refractivity contribution in [3.8, 4) is 5.75 Å². The molecular formula is C26H27NO4. The zero-order chi connectivity index (χ0) is 20.9. The molecule has 160 valence electrons. The highest BCUT2D eigenvalue weighted by molar-refractivity contribution is 5.93. The van der Waals surface area contributed by atoms with Crippen LogP contribution < -0.4 is 4.74 Å². The molecule has 2 aromatic carbocycles. The number of aromatic nitrogens is 1. The van der Waals surface area contributed by atoms with E-state index in [1.165, 1.54) is 39.2 Å². The molecule has 1 heterocycles. The molecule has 1 atom stereocenters. The second-order valence-electron chi connectivity index (χ2n) is 9.59. The Balaban J connectivity index is 1.40. The second kappa shape index (κ2) is 7.40. The molecule has 7 rings (SSSR count). The molecule has 0 radical (unpaired) electrons. The summed E-state index contributed by atoms with van der Waals surface area (Å²) in [7, 11) is 1.38. The number of carbonyl (C=O) groups excluding carboxylic acids is 1. The number of nitrogens with zero attached hydrogens (tertiary/aromatic N) is 1. The van der Waals surface area contributed by atoms with Gasteiger partial charge in [0.2, 0.25) is 5.89 Å². The highest BCUT2D eigenvalue weighted by Crippen LogP contribution is 2.60. The van der Waals surface area contributed by atoms with Gasteiger partial charge in [0.15, 0.2) is 11.7 Å². The van der Waals surface area contributed by atoms with Gasteiger partial charge in [-0.05, 0) is 86.1 Å². The lowest BCUT2D eigenvalue weighted by molar-refractivity contribution is -0.0891. The van der Waals surface area contributed by atoms with E-state index in [1.807, 2.05) is 36.4 Å². The molecule has 0 N–H and O–H groups in total. The Kier molecular flexibility index (Phi) is 4.51. The van der Waals surface area contributed by atoms with Crippen LogP contribution in [0.3, 0.4) is 0 Å².